The lowest BCUT2D eigenvalue weighted by Crippen LogP contribution is -2.48. The quantitative estimate of drug-likeness (QED) is 0.704. The molecule has 3 heterocycles. The molecule has 3 aromatic rings. The summed E-state index contributed by atoms with van der Waals surface area (Å²) < 4.78 is 1.86. The minimum atomic E-state index is 0. The first kappa shape index (κ1) is 22.1. The van der Waals surface area contributed by atoms with Crippen molar-refractivity contribution in [3.05, 3.63) is 65.1 Å². The molecule has 0 saturated carbocycles. The number of hydrogen-bond donors (Lipinski definition) is 1. The summed E-state index contributed by atoms with van der Waals surface area (Å²) in [5.41, 5.74) is 3.90. The van der Waals surface area contributed by atoms with Gasteiger partial charge in [0.2, 0.25) is 0 Å². The van der Waals surface area contributed by atoms with Crippen LogP contribution in [0.3, 0.4) is 0 Å². The molecule has 0 aliphatic carbocycles. The molecule has 2 aromatic heterocycles. The van der Waals surface area contributed by atoms with E-state index < -0.39 is 0 Å². The Kier molecular flexibility index (Phi) is 7.41. The molecule has 1 aliphatic rings. The molecule has 1 amide bonds. The zero-order valence-electron chi connectivity index (χ0n) is 16.0. The van der Waals surface area contributed by atoms with E-state index in [1.165, 1.54) is 11.1 Å². The minimum absolute atomic E-state index is 0. The lowest BCUT2D eigenvalue weighted by molar-refractivity contribution is 0.0634. The van der Waals surface area contributed by atoms with Crippen LogP contribution in [-0.2, 0) is 6.42 Å². The first-order chi connectivity index (χ1) is 12.7. The number of carbonyl (C=O) groups is 1. The number of amides is 1. The molecular formula is C20H25Cl2N5O. The molecule has 1 aliphatic heterocycles. The van der Waals surface area contributed by atoms with E-state index in [1.807, 2.05) is 34.6 Å². The molecule has 150 valence electrons. The number of carbonyl (C=O) groups excluding carboxylic acids is 1. The summed E-state index contributed by atoms with van der Waals surface area (Å²) in [5, 5.41) is 11.6. The standard InChI is InChI=1S/C20H23N5O.2ClH/c1-3-15-4-6-16(7-5-15)18-12-21-10-11-24(18)20(26)17-8-9-19-23-22-14(2)25(19)13-17;;/h4-9,13,18,21H,3,10-12H2,1-2H3;2*1H. The van der Waals surface area contributed by atoms with Crippen molar-refractivity contribution < 1.29 is 4.79 Å². The average molecular weight is 422 g/mol. The fourth-order valence-corrected chi connectivity index (χ4v) is 3.52. The Hall–Kier alpha value is -2.15. The predicted molar refractivity (Wildman–Crippen MR) is 115 cm³/mol. The van der Waals surface area contributed by atoms with E-state index in [0.717, 1.165) is 31.0 Å². The minimum Gasteiger partial charge on any atom is -0.329 e. The molecule has 1 fully saturated rings. The number of pyridine rings is 1. The Bertz CT molecular complexity index is 941. The van der Waals surface area contributed by atoms with Gasteiger partial charge in [-0.05, 0) is 36.6 Å². The number of piperazine rings is 1. The summed E-state index contributed by atoms with van der Waals surface area (Å²) >= 11 is 0. The second-order valence-corrected chi connectivity index (χ2v) is 6.71. The number of nitrogens with one attached hydrogen (secondary N) is 1. The summed E-state index contributed by atoms with van der Waals surface area (Å²) in [6.07, 6.45) is 2.86. The molecule has 8 heteroatoms. The molecule has 0 spiro atoms. The number of benzene rings is 1. The maximum Gasteiger partial charge on any atom is 0.255 e. The van der Waals surface area contributed by atoms with E-state index in [4.69, 9.17) is 0 Å². The Morgan fingerprint density at radius 1 is 1.14 bits per heavy atom. The summed E-state index contributed by atoms with van der Waals surface area (Å²) in [4.78, 5) is 15.2. The van der Waals surface area contributed by atoms with Crippen LogP contribution in [-0.4, -0.2) is 45.0 Å². The van der Waals surface area contributed by atoms with Crippen LogP contribution >= 0.6 is 24.8 Å². The lowest BCUT2D eigenvalue weighted by Gasteiger charge is -2.36. The Labute approximate surface area is 177 Å². The molecule has 1 N–H and O–H groups in total. The number of hydrogen-bond acceptors (Lipinski definition) is 4. The van der Waals surface area contributed by atoms with Crippen LogP contribution in [0, 0.1) is 6.92 Å². The van der Waals surface area contributed by atoms with Gasteiger partial charge in [-0.15, -0.1) is 35.0 Å². The van der Waals surface area contributed by atoms with E-state index >= 15 is 0 Å². The van der Waals surface area contributed by atoms with Gasteiger partial charge in [-0.1, -0.05) is 31.2 Å². The van der Waals surface area contributed by atoms with Gasteiger partial charge >= 0.3 is 0 Å². The van der Waals surface area contributed by atoms with Gasteiger partial charge in [-0.25, -0.2) is 0 Å². The van der Waals surface area contributed by atoms with Crippen molar-refractivity contribution in [1.29, 1.82) is 0 Å². The number of aromatic nitrogens is 3. The van der Waals surface area contributed by atoms with Crippen LogP contribution < -0.4 is 5.32 Å². The highest BCUT2D eigenvalue weighted by Gasteiger charge is 2.28. The summed E-state index contributed by atoms with van der Waals surface area (Å²) in [5.74, 6) is 0.827. The van der Waals surface area contributed by atoms with Gasteiger partial charge in [0.1, 0.15) is 5.82 Å². The molecule has 4 rings (SSSR count). The summed E-state index contributed by atoms with van der Waals surface area (Å²) in [6.45, 7) is 6.31. The van der Waals surface area contributed by atoms with Crippen LogP contribution in [0.1, 0.15) is 40.3 Å². The number of halogens is 2. The molecule has 0 radical (unpaired) electrons. The number of fused-ring (bicyclic) bond motifs is 1. The first-order valence-electron chi connectivity index (χ1n) is 9.09. The number of rotatable bonds is 3. The largest absolute Gasteiger partial charge is 0.329 e. The Balaban J connectivity index is 0.00000140. The summed E-state index contributed by atoms with van der Waals surface area (Å²) in [6, 6.07) is 12.3. The van der Waals surface area contributed by atoms with E-state index in [9.17, 15) is 4.79 Å². The predicted octanol–water partition coefficient (Wildman–Crippen LogP) is 3.23. The third kappa shape index (κ3) is 4.14. The second kappa shape index (κ2) is 9.37. The lowest BCUT2D eigenvalue weighted by atomic mass is 10.00. The molecular weight excluding hydrogens is 397 g/mol. The highest BCUT2D eigenvalue weighted by molar-refractivity contribution is 5.94. The molecule has 28 heavy (non-hydrogen) atoms. The van der Waals surface area contributed by atoms with E-state index in [1.54, 1.807) is 0 Å². The van der Waals surface area contributed by atoms with Crippen LogP contribution in [0.5, 0.6) is 0 Å². The zero-order chi connectivity index (χ0) is 18.1. The van der Waals surface area contributed by atoms with Gasteiger partial charge in [0.15, 0.2) is 5.65 Å². The van der Waals surface area contributed by atoms with Crippen LogP contribution in [0.15, 0.2) is 42.6 Å². The smallest absolute Gasteiger partial charge is 0.255 e. The topological polar surface area (TPSA) is 62.5 Å². The van der Waals surface area contributed by atoms with Crippen LogP contribution in [0.2, 0.25) is 0 Å². The second-order valence-electron chi connectivity index (χ2n) is 6.71. The third-order valence-electron chi connectivity index (χ3n) is 5.10. The van der Waals surface area contributed by atoms with E-state index in [-0.39, 0.29) is 36.8 Å². The molecule has 0 bridgehead atoms. The monoisotopic (exact) mass is 421 g/mol. The fourth-order valence-electron chi connectivity index (χ4n) is 3.52. The Morgan fingerprint density at radius 3 is 2.61 bits per heavy atom. The van der Waals surface area contributed by atoms with Gasteiger partial charge in [0, 0.05) is 25.8 Å². The maximum absolute atomic E-state index is 13.2. The van der Waals surface area contributed by atoms with Crippen LogP contribution in [0.25, 0.3) is 5.65 Å². The molecule has 1 saturated heterocycles. The fraction of sp³-hybridized carbons (Fsp3) is 0.350. The molecule has 1 atom stereocenters. The Morgan fingerprint density at radius 2 is 1.89 bits per heavy atom. The van der Waals surface area contributed by atoms with Crippen molar-refractivity contribution in [2.75, 3.05) is 19.6 Å². The average Bonchev–Trinajstić information content (AvgIpc) is 3.08. The number of nitrogens with zero attached hydrogens (tertiary/aromatic N) is 4. The highest BCUT2D eigenvalue weighted by atomic mass is 35.5. The zero-order valence-corrected chi connectivity index (χ0v) is 17.6. The van der Waals surface area contributed by atoms with Gasteiger partial charge in [-0.2, -0.15) is 0 Å². The number of aryl methyl sites for hydroxylation is 2. The van der Waals surface area contributed by atoms with Crippen molar-refractivity contribution in [3.8, 4) is 0 Å². The normalized spacial score (nSPS) is 16.4. The van der Waals surface area contributed by atoms with Crippen molar-refractivity contribution in [3.63, 3.8) is 0 Å². The van der Waals surface area contributed by atoms with Crippen molar-refractivity contribution in [2.45, 2.75) is 26.3 Å². The maximum atomic E-state index is 13.2. The van der Waals surface area contributed by atoms with Gasteiger partial charge in [0.25, 0.3) is 5.91 Å². The molecule has 1 unspecified atom stereocenters. The van der Waals surface area contributed by atoms with Gasteiger partial charge in [0.05, 0.1) is 11.6 Å². The van der Waals surface area contributed by atoms with E-state index in [2.05, 4.69) is 46.7 Å². The first-order valence-corrected chi connectivity index (χ1v) is 9.09. The van der Waals surface area contributed by atoms with Gasteiger partial charge in [-0.3, -0.25) is 9.20 Å². The third-order valence-corrected chi connectivity index (χ3v) is 5.10. The highest BCUT2D eigenvalue weighted by Crippen LogP contribution is 2.25. The SMILES string of the molecule is CCc1ccc(C2CNCCN2C(=O)c2ccc3nnc(C)n3c2)cc1.Cl.Cl. The van der Waals surface area contributed by atoms with Crippen molar-refractivity contribution in [1.82, 2.24) is 24.8 Å². The van der Waals surface area contributed by atoms with Crippen molar-refractivity contribution in [2.24, 2.45) is 0 Å². The molecule has 1 aromatic carbocycles. The van der Waals surface area contributed by atoms with E-state index in [0.29, 0.717) is 12.1 Å². The van der Waals surface area contributed by atoms with Crippen molar-refractivity contribution >= 4 is 36.4 Å². The molecule has 6 nitrogen and oxygen atoms in total. The summed E-state index contributed by atoms with van der Waals surface area (Å²) in [7, 11) is 0. The van der Waals surface area contributed by atoms with Gasteiger partial charge < -0.3 is 10.2 Å². The van der Waals surface area contributed by atoms with Crippen LogP contribution in [0.4, 0.5) is 0 Å².